The third-order valence-electron chi connectivity index (χ3n) is 6.02. The van der Waals surface area contributed by atoms with Crippen LogP contribution in [0.5, 0.6) is 0 Å². The average molecular weight is 456 g/mol. The Bertz CT molecular complexity index is 1310. The van der Waals surface area contributed by atoms with Crippen LogP contribution < -0.4 is 5.43 Å². The van der Waals surface area contributed by atoms with Gasteiger partial charge in [-0.05, 0) is 53.8 Å². The first-order valence-corrected chi connectivity index (χ1v) is 11.3. The number of nitrogens with one attached hydrogen (secondary N) is 1. The number of morpholine rings is 1. The zero-order valence-electron chi connectivity index (χ0n) is 18.7. The molecule has 8 heteroatoms. The van der Waals surface area contributed by atoms with E-state index in [4.69, 9.17) is 4.74 Å². The van der Waals surface area contributed by atoms with Crippen LogP contribution in [0.3, 0.4) is 0 Å². The van der Waals surface area contributed by atoms with Crippen molar-refractivity contribution in [1.82, 2.24) is 9.88 Å². The fourth-order valence-electron chi connectivity index (χ4n) is 4.41. The summed E-state index contributed by atoms with van der Waals surface area (Å²) in [6, 6.07) is 18.7. The van der Waals surface area contributed by atoms with E-state index >= 15 is 0 Å². The summed E-state index contributed by atoms with van der Waals surface area (Å²) in [4.78, 5) is 17.8. The molecule has 3 aromatic rings. The SMILES string of the molecule is O=[N+]([O-])c1cccc(/C=C2\CCC(C=NNc3ccc4ccccc4n3)=C2N2CCOCC2)c1. The maximum atomic E-state index is 11.2. The van der Waals surface area contributed by atoms with E-state index in [0.717, 1.165) is 59.2 Å². The number of para-hydroxylation sites is 1. The van der Waals surface area contributed by atoms with Gasteiger partial charge in [0.1, 0.15) is 5.82 Å². The van der Waals surface area contributed by atoms with Crippen LogP contribution in [0.1, 0.15) is 18.4 Å². The number of anilines is 1. The Hall–Kier alpha value is -4.04. The number of nitro benzene ring substituents is 1. The maximum absolute atomic E-state index is 11.2. The number of fused-ring (bicyclic) bond motifs is 1. The Kier molecular flexibility index (Phi) is 6.31. The van der Waals surface area contributed by atoms with Crippen LogP contribution in [0.15, 0.2) is 82.6 Å². The maximum Gasteiger partial charge on any atom is 0.270 e. The molecule has 1 fully saturated rings. The molecule has 172 valence electrons. The van der Waals surface area contributed by atoms with Gasteiger partial charge in [-0.1, -0.05) is 30.3 Å². The zero-order valence-corrected chi connectivity index (χ0v) is 18.7. The number of non-ortho nitro benzene ring substituents is 1. The summed E-state index contributed by atoms with van der Waals surface area (Å²) in [6.07, 6.45) is 5.63. The second-order valence-electron chi connectivity index (χ2n) is 8.25. The van der Waals surface area contributed by atoms with Crippen LogP contribution >= 0.6 is 0 Å². The van der Waals surface area contributed by atoms with Crippen molar-refractivity contribution in [2.24, 2.45) is 5.10 Å². The summed E-state index contributed by atoms with van der Waals surface area (Å²) in [5.41, 5.74) is 8.33. The van der Waals surface area contributed by atoms with Gasteiger partial charge in [-0.2, -0.15) is 5.10 Å². The van der Waals surface area contributed by atoms with Gasteiger partial charge < -0.3 is 9.64 Å². The first-order chi connectivity index (χ1) is 16.7. The number of nitro groups is 1. The summed E-state index contributed by atoms with van der Waals surface area (Å²) >= 11 is 0. The molecule has 1 saturated heterocycles. The molecule has 8 nitrogen and oxygen atoms in total. The molecule has 5 rings (SSSR count). The molecule has 1 aliphatic heterocycles. The minimum atomic E-state index is -0.361. The molecule has 0 amide bonds. The molecule has 1 aliphatic carbocycles. The highest BCUT2D eigenvalue weighted by molar-refractivity contribution is 5.85. The lowest BCUT2D eigenvalue weighted by atomic mass is 10.1. The van der Waals surface area contributed by atoms with E-state index < -0.39 is 0 Å². The highest BCUT2D eigenvalue weighted by Gasteiger charge is 2.25. The van der Waals surface area contributed by atoms with Crippen molar-refractivity contribution in [3.05, 3.63) is 93.2 Å². The fourth-order valence-corrected chi connectivity index (χ4v) is 4.41. The lowest BCUT2D eigenvalue weighted by Crippen LogP contribution is -2.36. The van der Waals surface area contributed by atoms with Crippen molar-refractivity contribution in [3.8, 4) is 0 Å². The second kappa shape index (κ2) is 9.84. The van der Waals surface area contributed by atoms with Crippen molar-refractivity contribution in [2.75, 3.05) is 31.7 Å². The zero-order chi connectivity index (χ0) is 23.3. The predicted octanol–water partition coefficient (Wildman–Crippen LogP) is 5.00. The highest BCUT2D eigenvalue weighted by atomic mass is 16.6. The number of benzene rings is 2. The number of hydrazone groups is 1. The van der Waals surface area contributed by atoms with E-state index in [1.807, 2.05) is 48.7 Å². The second-order valence-corrected chi connectivity index (χ2v) is 8.25. The van der Waals surface area contributed by atoms with Crippen molar-refractivity contribution in [1.29, 1.82) is 0 Å². The number of hydrogen-bond acceptors (Lipinski definition) is 7. The van der Waals surface area contributed by atoms with Gasteiger partial charge in [-0.25, -0.2) is 4.98 Å². The largest absolute Gasteiger partial charge is 0.378 e. The third kappa shape index (κ3) is 4.82. The van der Waals surface area contributed by atoms with E-state index in [2.05, 4.69) is 26.5 Å². The first kappa shape index (κ1) is 21.8. The van der Waals surface area contributed by atoms with Gasteiger partial charge in [0.05, 0.1) is 29.9 Å². The van der Waals surface area contributed by atoms with E-state index in [9.17, 15) is 10.1 Å². The van der Waals surface area contributed by atoms with Gasteiger partial charge in [-0.3, -0.25) is 15.5 Å². The Morgan fingerprint density at radius 2 is 1.91 bits per heavy atom. The van der Waals surface area contributed by atoms with Gasteiger partial charge in [0.25, 0.3) is 5.69 Å². The molecule has 2 heterocycles. The summed E-state index contributed by atoms with van der Waals surface area (Å²) in [5.74, 6) is 0.689. The van der Waals surface area contributed by atoms with E-state index in [1.54, 1.807) is 12.1 Å². The smallest absolute Gasteiger partial charge is 0.270 e. The lowest BCUT2D eigenvalue weighted by Gasteiger charge is -2.31. The molecular weight excluding hydrogens is 430 g/mol. The number of rotatable bonds is 6. The number of pyridine rings is 1. The molecule has 0 unspecified atom stereocenters. The predicted molar refractivity (Wildman–Crippen MR) is 134 cm³/mol. The van der Waals surface area contributed by atoms with Gasteiger partial charge in [0.15, 0.2) is 0 Å². The van der Waals surface area contributed by atoms with Gasteiger partial charge in [0.2, 0.25) is 0 Å². The minimum absolute atomic E-state index is 0.0955. The molecule has 2 aromatic carbocycles. The van der Waals surface area contributed by atoms with Crippen LogP contribution in [0.2, 0.25) is 0 Å². The van der Waals surface area contributed by atoms with Crippen LogP contribution in [0, 0.1) is 10.1 Å². The Labute approximate surface area is 197 Å². The molecule has 0 saturated carbocycles. The van der Waals surface area contributed by atoms with E-state index in [1.165, 1.54) is 6.07 Å². The summed E-state index contributed by atoms with van der Waals surface area (Å²) in [5, 5.41) is 16.8. The van der Waals surface area contributed by atoms with Crippen LogP contribution in [0.4, 0.5) is 11.5 Å². The molecular formula is C26H25N5O3. The average Bonchev–Trinajstić information content (AvgIpc) is 3.26. The van der Waals surface area contributed by atoms with Crippen LogP contribution in [-0.4, -0.2) is 47.3 Å². The van der Waals surface area contributed by atoms with Crippen molar-refractivity contribution < 1.29 is 9.66 Å². The summed E-state index contributed by atoms with van der Waals surface area (Å²) in [6.45, 7) is 2.96. The quantitative estimate of drug-likeness (QED) is 0.319. The van der Waals surface area contributed by atoms with Gasteiger partial charge >= 0.3 is 0 Å². The van der Waals surface area contributed by atoms with Gasteiger partial charge in [-0.15, -0.1) is 0 Å². The topological polar surface area (TPSA) is 92.9 Å². The first-order valence-electron chi connectivity index (χ1n) is 11.3. The monoisotopic (exact) mass is 455 g/mol. The summed E-state index contributed by atoms with van der Waals surface area (Å²) in [7, 11) is 0. The molecule has 2 aliphatic rings. The van der Waals surface area contributed by atoms with Crippen LogP contribution in [-0.2, 0) is 4.74 Å². The lowest BCUT2D eigenvalue weighted by molar-refractivity contribution is -0.384. The number of nitrogens with zero attached hydrogens (tertiary/aromatic N) is 4. The third-order valence-corrected chi connectivity index (χ3v) is 6.02. The Balaban J connectivity index is 1.42. The van der Waals surface area contributed by atoms with Crippen molar-refractivity contribution in [3.63, 3.8) is 0 Å². The fraction of sp³-hybridized carbons (Fsp3) is 0.231. The normalized spacial score (nSPS) is 17.8. The van der Waals surface area contributed by atoms with E-state index in [0.29, 0.717) is 19.0 Å². The molecule has 0 spiro atoms. The molecule has 0 radical (unpaired) electrons. The Morgan fingerprint density at radius 1 is 1.06 bits per heavy atom. The van der Waals surface area contributed by atoms with Crippen molar-refractivity contribution >= 4 is 34.7 Å². The number of aromatic nitrogens is 1. The molecule has 1 aromatic heterocycles. The van der Waals surface area contributed by atoms with Gasteiger partial charge in [0, 0.05) is 36.3 Å². The van der Waals surface area contributed by atoms with E-state index in [-0.39, 0.29) is 10.6 Å². The standard InChI is InChI=1S/C26H25N5O3/c32-31(33)23-6-3-4-19(17-23)16-21-8-9-22(26(21)30-12-14-34-15-13-30)18-27-29-25-11-10-20-5-1-2-7-24(20)28-25/h1-7,10-11,16-18H,8-9,12-15H2,(H,28,29)/b21-16+,27-18?. The Morgan fingerprint density at radius 3 is 2.76 bits per heavy atom. The van der Waals surface area contributed by atoms with Crippen molar-refractivity contribution in [2.45, 2.75) is 12.8 Å². The van der Waals surface area contributed by atoms with Crippen LogP contribution in [0.25, 0.3) is 17.0 Å². The number of ether oxygens (including phenoxy) is 1. The molecule has 0 atom stereocenters. The minimum Gasteiger partial charge on any atom is -0.378 e. The number of hydrogen-bond donors (Lipinski definition) is 1. The summed E-state index contributed by atoms with van der Waals surface area (Å²) < 4.78 is 5.55. The number of allylic oxidation sites excluding steroid dienone is 2. The highest BCUT2D eigenvalue weighted by Crippen LogP contribution is 2.35. The molecule has 34 heavy (non-hydrogen) atoms. The molecule has 1 N–H and O–H groups in total. The molecule has 0 bridgehead atoms.